The first-order valence-electron chi connectivity index (χ1n) is 12.6. The standard InChI is InChI=1S/C21H40O2.C6H4/c1-3-5-7-8-9-10-18-12-14-19(15-13-18)21-17-22-20(16-23-21)11-6-4-2;1-2-6-4-3-5(1)6/h18-21H,3-17H2,1-2H3;1-4H. The van der Waals surface area contributed by atoms with Gasteiger partial charge in [0, 0.05) is 0 Å². The van der Waals surface area contributed by atoms with Crippen LogP contribution >= 0.6 is 0 Å². The minimum Gasteiger partial charge on any atom is -0.373 e. The van der Waals surface area contributed by atoms with Crippen LogP contribution in [0.5, 0.6) is 0 Å². The summed E-state index contributed by atoms with van der Waals surface area (Å²) in [4.78, 5) is 0. The lowest BCUT2D eigenvalue weighted by Gasteiger charge is -2.38. The third-order valence-corrected chi connectivity index (χ3v) is 7.22. The predicted octanol–water partition coefficient (Wildman–Crippen LogP) is 7.41. The molecule has 1 aliphatic heterocycles. The molecule has 0 amide bonds. The molecule has 2 fully saturated rings. The van der Waals surface area contributed by atoms with Gasteiger partial charge >= 0.3 is 0 Å². The van der Waals surface area contributed by atoms with E-state index in [1.54, 1.807) is 0 Å². The summed E-state index contributed by atoms with van der Waals surface area (Å²) < 4.78 is 12.2. The van der Waals surface area contributed by atoms with Gasteiger partial charge in [-0.05, 0) is 41.5 Å². The van der Waals surface area contributed by atoms with Crippen molar-refractivity contribution in [3.05, 3.63) is 34.7 Å². The van der Waals surface area contributed by atoms with Crippen LogP contribution in [0.1, 0.15) is 97.3 Å². The molecule has 0 aromatic heterocycles. The molecular weight excluding hydrogens is 356 g/mol. The molecule has 1 saturated heterocycles. The summed E-state index contributed by atoms with van der Waals surface area (Å²) in [5, 5.41) is 2.85. The van der Waals surface area contributed by atoms with Crippen molar-refractivity contribution in [1.29, 1.82) is 0 Å². The fourth-order valence-corrected chi connectivity index (χ4v) is 4.98. The van der Waals surface area contributed by atoms with E-state index in [1.165, 1.54) is 93.9 Å². The second-order valence-corrected chi connectivity index (χ2v) is 9.53. The van der Waals surface area contributed by atoms with Gasteiger partial charge in [-0.1, -0.05) is 102 Å². The predicted molar refractivity (Wildman–Crippen MR) is 122 cm³/mol. The summed E-state index contributed by atoms with van der Waals surface area (Å²) in [6.07, 6.45) is 18.6. The zero-order valence-corrected chi connectivity index (χ0v) is 19.0. The summed E-state index contributed by atoms with van der Waals surface area (Å²) in [6, 6.07) is 8.48. The van der Waals surface area contributed by atoms with E-state index >= 15 is 0 Å². The van der Waals surface area contributed by atoms with E-state index in [9.17, 15) is 0 Å². The highest BCUT2D eigenvalue weighted by atomic mass is 16.6. The second-order valence-electron chi connectivity index (χ2n) is 9.53. The van der Waals surface area contributed by atoms with Crippen molar-refractivity contribution in [1.82, 2.24) is 0 Å². The first-order chi connectivity index (χ1) is 14.3. The molecule has 2 unspecified atom stereocenters. The molecule has 1 saturated carbocycles. The molecule has 29 heavy (non-hydrogen) atoms. The lowest BCUT2D eigenvalue weighted by atomic mass is 9.77. The van der Waals surface area contributed by atoms with Gasteiger partial charge in [0.05, 0.1) is 25.4 Å². The van der Waals surface area contributed by atoms with Gasteiger partial charge in [0.2, 0.25) is 0 Å². The summed E-state index contributed by atoms with van der Waals surface area (Å²) in [5.74, 6) is 1.76. The minimum absolute atomic E-state index is 0.366. The van der Waals surface area contributed by atoms with E-state index in [4.69, 9.17) is 9.47 Å². The van der Waals surface area contributed by atoms with Crippen LogP contribution in [-0.2, 0) is 9.47 Å². The van der Waals surface area contributed by atoms with E-state index in [2.05, 4.69) is 38.1 Å². The maximum absolute atomic E-state index is 6.16. The SMILES string of the molecule is CCCCCCCC1CCC(C2COC(CCCC)CO2)CC1.c1cc2ccc1=2. The van der Waals surface area contributed by atoms with Gasteiger partial charge in [-0.3, -0.25) is 0 Å². The van der Waals surface area contributed by atoms with Crippen molar-refractivity contribution >= 4 is 0 Å². The van der Waals surface area contributed by atoms with Crippen LogP contribution in [-0.4, -0.2) is 25.4 Å². The van der Waals surface area contributed by atoms with E-state index in [-0.39, 0.29) is 0 Å². The van der Waals surface area contributed by atoms with Gasteiger partial charge in [-0.25, -0.2) is 0 Å². The molecule has 0 N–H and O–H groups in total. The first kappa shape index (κ1) is 22.8. The molecule has 2 nitrogen and oxygen atoms in total. The van der Waals surface area contributed by atoms with Crippen LogP contribution in [0.15, 0.2) is 24.3 Å². The zero-order chi connectivity index (χ0) is 20.3. The van der Waals surface area contributed by atoms with Crippen LogP contribution in [0.25, 0.3) is 0 Å². The number of ether oxygens (including phenoxy) is 2. The van der Waals surface area contributed by atoms with Crippen molar-refractivity contribution in [3.8, 4) is 0 Å². The number of benzene rings is 1. The summed E-state index contributed by atoms with van der Waals surface area (Å²) in [7, 11) is 0. The van der Waals surface area contributed by atoms with E-state index in [1.807, 2.05) is 0 Å². The van der Waals surface area contributed by atoms with Gasteiger partial charge in [0.25, 0.3) is 0 Å². The van der Waals surface area contributed by atoms with Crippen LogP contribution in [0, 0.1) is 22.3 Å². The molecule has 0 aromatic rings. The highest BCUT2D eigenvalue weighted by Crippen LogP contribution is 2.35. The fraction of sp³-hybridized carbons (Fsp3) is 0.778. The molecule has 0 radical (unpaired) electrons. The maximum Gasteiger partial charge on any atom is 0.0838 e. The van der Waals surface area contributed by atoms with Crippen molar-refractivity contribution < 1.29 is 9.47 Å². The Bertz CT molecular complexity index is 588. The van der Waals surface area contributed by atoms with Gasteiger partial charge in [0.1, 0.15) is 0 Å². The van der Waals surface area contributed by atoms with Gasteiger partial charge < -0.3 is 9.47 Å². The Kier molecular flexibility index (Phi) is 10.0. The van der Waals surface area contributed by atoms with Crippen LogP contribution in [0.2, 0.25) is 0 Å². The molecule has 164 valence electrons. The molecule has 0 spiro atoms. The quantitative estimate of drug-likeness (QED) is 0.386. The van der Waals surface area contributed by atoms with Crippen LogP contribution < -0.4 is 0 Å². The summed E-state index contributed by atoms with van der Waals surface area (Å²) in [6.45, 7) is 6.22. The highest BCUT2D eigenvalue weighted by molar-refractivity contribution is 5.22. The van der Waals surface area contributed by atoms with Crippen molar-refractivity contribution in [2.75, 3.05) is 13.2 Å². The highest BCUT2D eigenvalue weighted by Gasteiger charge is 2.31. The Balaban J connectivity index is 0.000000334. The topological polar surface area (TPSA) is 18.5 Å². The molecule has 0 bridgehead atoms. The fourth-order valence-electron chi connectivity index (χ4n) is 4.98. The van der Waals surface area contributed by atoms with Gasteiger partial charge in [-0.2, -0.15) is 0 Å². The largest absolute Gasteiger partial charge is 0.373 e. The van der Waals surface area contributed by atoms with Crippen LogP contribution in [0.4, 0.5) is 0 Å². The average molecular weight is 401 g/mol. The maximum atomic E-state index is 6.16. The number of unbranched alkanes of at least 4 members (excludes halogenated alkanes) is 5. The molecular formula is C27H44O2. The molecule has 2 atom stereocenters. The minimum atomic E-state index is 0.366. The Morgan fingerprint density at radius 2 is 1.34 bits per heavy atom. The van der Waals surface area contributed by atoms with Crippen molar-refractivity contribution in [3.63, 3.8) is 0 Å². The number of hydrogen-bond acceptors (Lipinski definition) is 2. The first-order valence-corrected chi connectivity index (χ1v) is 12.6. The van der Waals surface area contributed by atoms with Crippen LogP contribution in [0.3, 0.4) is 0 Å². The number of rotatable bonds is 10. The Morgan fingerprint density at radius 3 is 1.86 bits per heavy atom. The zero-order valence-electron chi connectivity index (χ0n) is 19.0. The second kappa shape index (κ2) is 12.7. The Hall–Kier alpha value is -0.860. The smallest absolute Gasteiger partial charge is 0.0838 e. The molecule has 3 aliphatic carbocycles. The van der Waals surface area contributed by atoms with E-state index < -0.39 is 0 Å². The molecule has 2 heteroatoms. The average Bonchev–Trinajstić information content (AvgIpc) is 2.76. The molecule has 1 heterocycles. The Morgan fingerprint density at radius 1 is 0.690 bits per heavy atom. The normalized spacial score (nSPS) is 27.8. The molecule has 0 aromatic carbocycles. The molecule has 4 aliphatic rings. The third kappa shape index (κ3) is 7.40. The lowest BCUT2D eigenvalue weighted by molar-refractivity contribution is -0.157. The summed E-state index contributed by atoms with van der Waals surface area (Å²) in [5.41, 5.74) is 0. The summed E-state index contributed by atoms with van der Waals surface area (Å²) >= 11 is 0. The number of hydrogen-bond donors (Lipinski definition) is 0. The van der Waals surface area contributed by atoms with Crippen molar-refractivity contribution in [2.45, 2.75) is 110 Å². The monoisotopic (exact) mass is 400 g/mol. The lowest BCUT2D eigenvalue weighted by Crippen LogP contribution is -2.41. The third-order valence-electron chi connectivity index (χ3n) is 7.22. The Labute approximate surface area is 179 Å². The van der Waals surface area contributed by atoms with Gasteiger partial charge in [0.15, 0.2) is 0 Å². The van der Waals surface area contributed by atoms with E-state index in [0.29, 0.717) is 12.2 Å². The molecule has 4 rings (SSSR count). The van der Waals surface area contributed by atoms with Crippen molar-refractivity contribution in [2.24, 2.45) is 11.8 Å². The van der Waals surface area contributed by atoms with Gasteiger partial charge in [-0.15, -0.1) is 0 Å². The van der Waals surface area contributed by atoms with E-state index in [0.717, 1.165) is 25.0 Å².